The van der Waals surface area contributed by atoms with E-state index in [1.54, 1.807) is 0 Å². The van der Waals surface area contributed by atoms with Crippen molar-refractivity contribution in [1.29, 1.82) is 0 Å². The molecule has 1 rings (SSSR count). The maximum absolute atomic E-state index is 5.14. The van der Waals surface area contributed by atoms with Crippen LogP contribution in [-0.4, -0.2) is 6.54 Å². The number of terminal acetylenes is 1. The smallest absolute Gasteiger partial charge is 0.0578 e. The fourth-order valence-electron chi connectivity index (χ4n) is 1.07. The Morgan fingerprint density at radius 3 is 2.67 bits per heavy atom. The Balaban J connectivity index is 2.55. The summed E-state index contributed by atoms with van der Waals surface area (Å²) in [6.07, 6.45) is 5.14. The van der Waals surface area contributed by atoms with Crippen LogP contribution in [0.4, 0.5) is 0 Å². The van der Waals surface area contributed by atoms with Crippen molar-refractivity contribution in [3.8, 4) is 12.3 Å². The number of benzene rings is 1. The molecule has 0 aliphatic heterocycles. The highest BCUT2D eigenvalue weighted by Gasteiger charge is 2.00. The van der Waals surface area contributed by atoms with Crippen LogP contribution >= 0.6 is 0 Å². The van der Waals surface area contributed by atoms with Gasteiger partial charge in [0.15, 0.2) is 0 Å². The average Bonchev–Trinajstić information content (AvgIpc) is 2.15. The largest absolute Gasteiger partial charge is 0.300 e. The molecule has 0 heterocycles. The molecule has 1 aromatic carbocycles. The molecule has 1 nitrogen and oxygen atoms in total. The monoisotopic (exact) mass is 159 g/mol. The van der Waals surface area contributed by atoms with Crippen LogP contribution in [0.3, 0.4) is 0 Å². The molecule has 1 atom stereocenters. The molecular weight excluding hydrogens is 146 g/mol. The van der Waals surface area contributed by atoms with Gasteiger partial charge in [-0.15, -0.1) is 6.42 Å². The summed E-state index contributed by atoms with van der Waals surface area (Å²) in [7, 11) is 0. The van der Waals surface area contributed by atoms with Crippen LogP contribution in [0.2, 0.25) is 0 Å². The Labute approximate surface area is 73.8 Å². The summed E-state index contributed by atoms with van der Waals surface area (Å²) in [4.78, 5) is 0. The molecule has 1 N–H and O–H groups in total. The molecule has 0 unspecified atom stereocenters. The minimum Gasteiger partial charge on any atom is -0.300 e. The normalized spacial score (nSPS) is 12.0. The van der Waals surface area contributed by atoms with E-state index in [4.69, 9.17) is 6.42 Å². The molecule has 0 fully saturated rings. The highest BCUT2D eigenvalue weighted by atomic mass is 14.9. The molecule has 62 valence electrons. The second-order valence-electron chi connectivity index (χ2n) is 2.72. The van der Waals surface area contributed by atoms with Crippen LogP contribution in [0.25, 0.3) is 0 Å². The van der Waals surface area contributed by atoms with Crippen LogP contribution < -0.4 is 5.32 Å². The van der Waals surface area contributed by atoms with Crippen molar-refractivity contribution >= 4 is 0 Å². The Kier molecular flexibility index (Phi) is 3.37. The highest BCUT2D eigenvalue weighted by molar-refractivity contribution is 5.18. The van der Waals surface area contributed by atoms with Crippen LogP contribution in [0.5, 0.6) is 0 Å². The molecular formula is C11H13N. The highest BCUT2D eigenvalue weighted by Crippen LogP contribution is 2.09. The van der Waals surface area contributed by atoms with Gasteiger partial charge in [-0.2, -0.15) is 0 Å². The maximum Gasteiger partial charge on any atom is 0.0578 e. The molecule has 1 aromatic rings. The van der Waals surface area contributed by atoms with Crippen molar-refractivity contribution < 1.29 is 0 Å². The number of hydrogen-bond donors (Lipinski definition) is 1. The quantitative estimate of drug-likeness (QED) is 0.665. The third-order valence-corrected chi connectivity index (χ3v) is 1.81. The molecule has 0 radical (unpaired) electrons. The topological polar surface area (TPSA) is 12.0 Å². The summed E-state index contributed by atoms with van der Waals surface area (Å²) in [5.74, 6) is 2.56. The second kappa shape index (κ2) is 4.58. The van der Waals surface area contributed by atoms with E-state index in [1.165, 1.54) is 5.56 Å². The Bertz CT molecular complexity index is 258. The summed E-state index contributed by atoms with van der Waals surface area (Å²) >= 11 is 0. The zero-order valence-corrected chi connectivity index (χ0v) is 7.25. The molecule has 0 saturated heterocycles. The van der Waals surface area contributed by atoms with Gasteiger partial charge < -0.3 is 0 Å². The number of nitrogens with one attached hydrogen (secondary N) is 1. The Morgan fingerprint density at radius 1 is 1.42 bits per heavy atom. The standard InChI is InChI=1S/C11H13N/c1-3-9-12-10(2)11-7-5-4-6-8-11/h1,4-8,10,12H,9H2,2H3/t10-/m0/s1. The summed E-state index contributed by atoms with van der Waals surface area (Å²) in [6, 6.07) is 10.6. The van der Waals surface area contributed by atoms with Gasteiger partial charge in [0.05, 0.1) is 6.54 Å². The van der Waals surface area contributed by atoms with Gasteiger partial charge in [-0.25, -0.2) is 0 Å². The summed E-state index contributed by atoms with van der Waals surface area (Å²) < 4.78 is 0. The van der Waals surface area contributed by atoms with Gasteiger partial charge in [-0.3, -0.25) is 5.32 Å². The van der Waals surface area contributed by atoms with E-state index < -0.39 is 0 Å². The molecule has 0 amide bonds. The molecule has 1 heteroatoms. The van der Waals surface area contributed by atoms with Crippen molar-refractivity contribution in [2.75, 3.05) is 6.54 Å². The van der Waals surface area contributed by atoms with Crippen molar-refractivity contribution in [3.63, 3.8) is 0 Å². The van der Waals surface area contributed by atoms with Crippen LogP contribution in [0, 0.1) is 12.3 Å². The summed E-state index contributed by atoms with van der Waals surface area (Å²) in [6.45, 7) is 2.72. The van der Waals surface area contributed by atoms with Crippen molar-refractivity contribution in [2.45, 2.75) is 13.0 Å². The van der Waals surface area contributed by atoms with E-state index in [0.29, 0.717) is 12.6 Å². The minimum absolute atomic E-state index is 0.335. The van der Waals surface area contributed by atoms with E-state index in [1.807, 2.05) is 18.2 Å². The number of rotatable bonds is 3. The van der Waals surface area contributed by atoms with E-state index >= 15 is 0 Å². The third-order valence-electron chi connectivity index (χ3n) is 1.81. The third kappa shape index (κ3) is 2.41. The lowest BCUT2D eigenvalue weighted by molar-refractivity contribution is 0.623. The maximum atomic E-state index is 5.14. The van der Waals surface area contributed by atoms with Gasteiger partial charge >= 0.3 is 0 Å². The van der Waals surface area contributed by atoms with Crippen LogP contribution in [0.1, 0.15) is 18.5 Å². The zero-order chi connectivity index (χ0) is 8.81. The summed E-state index contributed by atoms with van der Waals surface area (Å²) in [5.41, 5.74) is 1.27. The lowest BCUT2D eigenvalue weighted by Gasteiger charge is -2.11. The van der Waals surface area contributed by atoms with E-state index in [0.717, 1.165) is 0 Å². The summed E-state index contributed by atoms with van der Waals surface area (Å²) in [5, 5.41) is 3.21. The fraction of sp³-hybridized carbons (Fsp3) is 0.273. The lowest BCUT2D eigenvalue weighted by atomic mass is 10.1. The van der Waals surface area contributed by atoms with Gasteiger partial charge in [0.2, 0.25) is 0 Å². The molecule has 0 aliphatic rings. The van der Waals surface area contributed by atoms with Crippen LogP contribution in [-0.2, 0) is 0 Å². The average molecular weight is 159 g/mol. The van der Waals surface area contributed by atoms with Crippen LogP contribution in [0.15, 0.2) is 30.3 Å². The van der Waals surface area contributed by atoms with Crippen molar-refractivity contribution in [1.82, 2.24) is 5.32 Å². The van der Waals surface area contributed by atoms with Crippen molar-refractivity contribution in [2.24, 2.45) is 0 Å². The molecule has 0 bridgehead atoms. The molecule has 0 spiro atoms. The first-order valence-corrected chi connectivity index (χ1v) is 4.06. The molecule has 0 aromatic heterocycles. The lowest BCUT2D eigenvalue weighted by Crippen LogP contribution is -2.18. The van der Waals surface area contributed by atoms with Gasteiger partial charge in [0.1, 0.15) is 0 Å². The SMILES string of the molecule is C#CCN[C@@H](C)c1ccccc1. The first-order valence-electron chi connectivity index (χ1n) is 4.06. The van der Waals surface area contributed by atoms with E-state index in [9.17, 15) is 0 Å². The second-order valence-corrected chi connectivity index (χ2v) is 2.72. The predicted octanol–water partition coefficient (Wildman–Crippen LogP) is 1.97. The van der Waals surface area contributed by atoms with Gasteiger partial charge in [-0.1, -0.05) is 36.3 Å². The van der Waals surface area contributed by atoms with Gasteiger partial charge in [0.25, 0.3) is 0 Å². The number of hydrogen-bond acceptors (Lipinski definition) is 1. The molecule has 0 aliphatic carbocycles. The molecule has 0 saturated carbocycles. The van der Waals surface area contributed by atoms with Gasteiger partial charge in [0, 0.05) is 6.04 Å². The Hall–Kier alpha value is -1.26. The zero-order valence-electron chi connectivity index (χ0n) is 7.25. The first-order chi connectivity index (χ1) is 5.84. The molecule has 12 heavy (non-hydrogen) atoms. The van der Waals surface area contributed by atoms with Gasteiger partial charge in [-0.05, 0) is 12.5 Å². The first kappa shape index (κ1) is 8.83. The van der Waals surface area contributed by atoms with E-state index in [-0.39, 0.29) is 0 Å². The predicted molar refractivity (Wildman–Crippen MR) is 51.7 cm³/mol. The minimum atomic E-state index is 0.335. The fourth-order valence-corrected chi connectivity index (χ4v) is 1.07. The van der Waals surface area contributed by atoms with E-state index in [2.05, 4.69) is 30.3 Å². The van der Waals surface area contributed by atoms with Crippen molar-refractivity contribution in [3.05, 3.63) is 35.9 Å². The Morgan fingerprint density at radius 2 is 2.08 bits per heavy atom.